The van der Waals surface area contributed by atoms with Crippen LogP contribution in [-0.2, 0) is 10.0 Å². The zero-order valence-corrected chi connectivity index (χ0v) is 21.5. The Morgan fingerprint density at radius 1 is 1.10 bits per heavy atom. The fourth-order valence-electron chi connectivity index (χ4n) is 3.06. The summed E-state index contributed by atoms with van der Waals surface area (Å²) in [6, 6.07) is 9.75. The number of nitrogens with zero attached hydrogens (tertiary/aromatic N) is 3. The van der Waals surface area contributed by atoms with Gasteiger partial charge in [-0.2, -0.15) is 0 Å². The van der Waals surface area contributed by atoms with Crippen molar-refractivity contribution in [1.29, 1.82) is 0 Å². The number of hydrogen-bond donors (Lipinski definition) is 1. The molecule has 0 unspecified atom stereocenters. The number of methoxy groups -OCH3 is 1. The predicted molar refractivity (Wildman–Crippen MR) is 130 cm³/mol. The zero-order valence-electron chi connectivity index (χ0n) is 19.3. The lowest BCUT2D eigenvalue weighted by Crippen LogP contribution is -2.27. The molecule has 0 spiro atoms. The van der Waals surface area contributed by atoms with Crippen molar-refractivity contribution in [3.05, 3.63) is 59.3 Å². The van der Waals surface area contributed by atoms with Gasteiger partial charge >= 0.3 is 0 Å². The molecule has 6 nitrogen and oxygen atoms in total. The molecule has 0 saturated carbocycles. The van der Waals surface area contributed by atoms with Gasteiger partial charge in [0.2, 0.25) is 0 Å². The van der Waals surface area contributed by atoms with Crippen molar-refractivity contribution in [3.8, 4) is 11.4 Å². The summed E-state index contributed by atoms with van der Waals surface area (Å²) in [6.45, 7) is 12.7. The average molecular weight is 459 g/mol. The molecule has 0 atom stereocenters. The number of rotatable bonds is 7. The number of ether oxygens (including phenoxy) is 1. The number of nitrogens with one attached hydrogen (secondary N) is 1. The van der Waals surface area contributed by atoms with E-state index in [1.165, 1.54) is 0 Å². The quantitative estimate of drug-likeness (QED) is 0.372. The van der Waals surface area contributed by atoms with E-state index in [0.29, 0.717) is 11.0 Å². The van der Waals surface area contributed by atoms with Gasteiger partial charge in [-0.05, 0) is 55.6 Å². The van der Waals surface area contributed by atoms with Gasteiger partial charge in [-0.3, -0.25) is 0 Å². The van der Waals surface area contributed by atoms with Gasteiger partial charge in [-0.1, -0.05) is 32.4 Å². The molecule has 3 aromatic rings. The van der Waals surface area contributed by atoms with Gasteiger partial charge in [0.15, 0.2) is 9.76 Å². The Morgan fingerprint density at radius 2 is 1.84 bits per heavy atom. The number of imidazole rings is 1. The summed E-state index contributed by atoms with van der Waals surface area (Å²) in [5.74, 6) is 1.38. The van der Waals surface area contributed by atoms with Crippen LogP contribution < -0.4 is 10.1 Å². The van der Waals surface area contributed by atoms with Crippen LogP contribution in [0.5, 0.6) is 5.75 Å². The summed E-state index contributed by atoms with van der Waals surface area (Å²) in [5, 5.41) is 3.98. The van der Waals surface area contributed by atoms with Gasteiger partial charge in [0.1, 0.15) is 16.7 Å². The van der Waals surface area contributed by atoms with Crippen LogP contribution in [0.1, 0.15) is 45.9 Å². The van der Waals surface area contributed by atoms with Crippen molar-refractivity contribution in [3.63, 3.8) is 0 Å². The van der Waals surface area contributed by atoms with E-state index in [4.69, 9.17) is 20.8 Å². The summed E-state index contributed by atoms with van der Waals surface area (Å²) in [7, 11) is 0.929. The number of anilines is 2. The topological polar surface area (TPSA) is 61.2 Å². The number of aryl methyl sites for hydroxylation is 1. The van der Waals surface area contributed by atoms with E-state index in [2.05, 4.69) is 49.9 Å². The molecular weight excluding hydrogens is 428 g/mol. The van der Waals surface area contributed by atoms with Gasteiger partial charge in [0.05, 0.1) is 30.4 Å². The molecule has 0 aliphatic rings. The third kappa shape index (κ3) is 6.09. The molecule has 31 heavy (non-hydrogen) atoms. The van der Waals surface area contributed by atoms with Gasteiger partial charge < -0.3 is 19.0 Å². The molecule has 2 heterocycles. The first-order chi connectivity index (χ1) is 14.5. The number of benzene rings is 1. The van der Waals surface area contributed by atoms with Crippen LogP contribution in [0, 0.1) is 6.92 Å². The highest BCUT2D eigenvalue weighted by molar-refractivity contribution is 6.32. The number of pyridine rings is 1. The van der Waals surface area contributed by atoms with Gasteiger partial charge in [-0.15, -0.1) is 0 Å². The molecule has 2 aromatic heterocycles. The summed E-state index contributed by atoms with van der Waals surface area (Å²) in [4.78, 5) is 8.73. The van der Waals surface area contributed by atoms with Crippen LogP contribution in [-0.4, -0.2) is 31.4 Å². The molecule has 0 fully saturated rings. The Bertz CT molecular complexity index is 1060. The lowest BCUT2D eigenvalue weighted by atomic mass is 10.00. The van der Waals surface area contributed by atoms with Crippen molar-refractivity contribution < 1.29 is 9.16 Å². The van der Waals surface area contributed by atoms with E-state index >= 15 is 0 Å². The second kappa shape index (κ2) is 9.02. The Hall–Kier alpha value is -2.35. The molecule has 0 saturated heterocycles. The molecule has 166 valence electrons. The lowest BCUT2D eigenvalue weighted by molar-refractivity contribution is 0.109. The number of halogens is 1. The minimum Gasteiger partial charge on any atom is -0.494 e. The maximum Gasteiger partial charge on any atom is 0.168 e. The van der Waals surface area contributed by atoms with E-state index in [0.717, 1.165) is 28.4 Å². The summed E-state index contributed by atoms with van der Waals surface area (Å²) >= 11 is 6.35. The molecule has 1 aromatic carbocycles. The molecule has 8 heteroatoms. The maximum atomic E-state index is 6.35. The highest BCUT2D eigenvalue weighted by atomic mass is 35.5. The SMILES string of the molecule is COc1cc(Nc2cc(C(C)(C)O[SiH2]C(C)(C)C)cc(Cl)n2)ccc1-n1cnc(C)c1. The largest absolute Gasteiger partial charge is 0.494 e. The van der Waals surface area contributed by atoms with Crippen molar-refractivity contribution in [2.75, 3.05) is 12.4 Å². The first-order valence-electron chi connectivity index (χ1n) is 10.2. The van der Waals surface area contributed by atoms with Crippen molar-refractivity contribution in [2.45, 2.75) is 52.2 Å². The summed E-state index contributed by atoms with van der Waals surface area (Å²) in [6.07, 6.45) is 3.73. The molecule has 0 aliphatic heterocycles. The highest BCUT2D eigenvalue weighted by Gasteiger charge is 2.25. The third-order valence-electron chi connectivity index (χ3n) is 4.80. The molecule has 0 bridgehead atoms. The van der Waals surface area contributed by atoms with Crippen molar-refractivity contribution in [2.24, 2.45) is 0 Å². The molecule has 0 amide bonds. The summed E-state index contributed by atoms with van der Waals surface area (Å²) in [5.41, 5.74) is 3.25. The van der Waals surface area contributed by atoms with E-state index in [-0.39, 0.29) is 5.04 Å². The summed E-state index contributed by atoms with van der Waals surface area (Å²) < 4.78 is 13.9. The van der Waals surface area contributed by atoms with Crippen LogP contribution in [0.4, 0.5) is 11.5 Å². The lowest BCUT2D eigenvalue weighted by Gasteiger charge is -2.30. The molecule has 3 rings (SSSR count). The van der Waals surface area contributed by atoms with E-state index < -0.39 is 15.4 Å². The Balaban J connectivity index is 1.86. The second-order valence-electron chi connectivity index (χ2n) is 9.36. The van der Waals surface area contributed by atoms with Gasteiger partial charge in [0.25, 0.3) is 0 Å². The van der Waals surface area contributed by atoms with E-state index in [1.54, 1.807) is 13.4 Å². The van der Waals surface area contributed by atoms with Crippen molar-refractivity contribution in [1.82, 2.24) is 14.5 Å². The van der Waals surface area contributed by atoms with E-state index in [1.807, 2.05) is 48.0 Å². The van der Waals surface area contributed by atoms with Crippen LogP contribution in [0.2, 0.25) is 10.2 Å². The first-order valence-corrected chi connectivity index (χ1v) is 11.9. The molecule has 1 N–H and O–H groups in total. The van der Waals surface area contributed by atoms with Crippen LogP contribution in [0.25, 0.3) is 5.69 Å². The highest BCUT2D eigenvalue weighted by Crippen LogP contribution is 2.33. The van der Waals surface area contributed by atoms with E-state index in [9.17, 15) is 0 Å². The first kappa shape index (κ1) is 23.3. The normalized spacial score (nSPS) is 12.5. The van der Waals surface area contributed by atoms with Gasteiger partial charge in [0, 0.05) is 18.0 Å². The average Bonchev–Trinajstić information content (AvgIpc) is 3.11. The van der Waals surface area contributed by atoms with Crippen LogP contribution >= 0.6 is 11.6 Å². The second-order valence-corrected chi connectivity index (χ2v) is 12.4. The maximum absolute atomic E-state index is 6.35. The Morgan fingerprint density at radius 3 is 2.45 bits per heavy atom. The monoisotopic (exact) mass is 458 g/mol. The minimum atomic E-state index is -0.725. The smallest absolute Gasteiger partial charge is 0.168 e. The Kier molecular flexibility index (Phi) is 6.78. The third-order valence-corrected chi connectivity index (χ3v) is 6.72. The van der Waals surface area contributed by atoms with Gasteiger partial charge in [-0.25, -0.2) is 9.97 Å². The standard InChI is InChI=1S/C23H31ClN4O2Si/c1-15-13-28(14-25-15)18-9-8-17(12-19(18)29-7)26-21-11-16(10-20(24)27-21)23(5,6)30-31-22(2,3)4/h8-14H,31H2,1-7H3,(H,26,27). The van der Waals surface area contributed by atoms with Crippen LogP contribution in [0.3, 0.4) is 0 Å². The molecule has 0 aliphatic carbocycles. The van der Waals surface area contributed by atoms with Crippen LogP contribution in [0.15, 0.2) is 42.9 Å². The molecule has 0 radical (unpaired) electrons. The number of hydrogen-bond acceptors (Lipinski definition) is 5. The fourth-order valence-corrected chi connectivity index (χ4v) is 4.23. The zero-order chi connectivity index (χ0) is 22.8. The predicted octanol–water partition coefficient (Wildman–Crippen LogP) is 5.54. The van der Waals surface area contributed by atoms with Crippen molar-refractivity contribution >= 4 is 32.9 Å². The minimum absolute atomic E-state index is 0.210. The Labute approximate surface area is 191 Å². The fraction of sp³-hybridized carbons (Fsp3) is 0.391. The molecular formula is C23H31ClN4O2Si. The number of aromatic nitrogens is 3.